The van der Waals surface area contributed by atoms with Crippen LogP contribution < -0.4 is 0 Å². The van der Waals surface area contributed by atoms with E-state index >= 15 is 0 Å². The van der Waals surface area contributed by atoms with Crippen LogP contribution in [0.1, 0.15) is 19.2 Å². The molecule has 0 aliphatic heterocycles. The molecule has 0 bridgehead atoms. The number of hydrogen-bond donors (Lipinski definition) is 0. The highest BCUT2D eigenvalue weighted by molar-refractivity contribution is 5.76. The van der Waals surface area contributed by atoms with Crippen LogP contribution in [0.25, 0.3) is 11.3 Å². The number of carbonyl (C=O) groups excluding carboxylic acids is 1. The third-order valence-electron chi connectivity index (χ3n) is 3.27. The number of carbonyl (C=O) groups is 1. The average Bonchev–Trinajstić information content (AvgIpc) is 2.99. The molecule has 7 heteroatoms. The van der Waals surface area contributed by atoms with Crippen molar-refractivity contribution in [3.8, 4) is 11.3 Å². The first-order valence-corrected chi connectivity index (χ1v) is 7.23. The van der Waals surface area contributed by atoms with E-state index in [4.69, 9.17) is 4.42 Å². The lowest BCUT2D eigenvalue weighted by molar-refractivity contribution is -0.160. The van der Waals surface area contributed by atoms with Crippen molar-refractivity contribution in [2.75, 3.05) is 13.1 Å². The Kier molecular flexibility index (Phi) is 5.41. The van der Waals surface area contributed by atoms with Gasteiger partial charge in [-0.2, -0.15) is 13.2 Å². The van der Waals surface area contributed by atoms with Crippen LogP contribution >= 0.6 is 0 Å². The number of alkyl halides is 3. The van der Waals surface area contributed by atoms with Crippen molar-refractivity contribution in [1.29, 1.82) is 0 Å². The Hall–Kier alpha value is -2.31. The normalized spacial score (nSPS) is 11.5. The number of rotatable bonds is 6. The second-order valence-electron chi connectivity index (χ2n) is 5.01. The molecule has 23 heavy (non-hydrogen) atoms. The monoisotopic (exact) mass is 326 g/mol. The maximum Gasteiger partial charge on any atom is 0.406 e. The van der Waals surface area contributed by atoms with Crippen LogP contribution in [0.15, 0.2) is 40.9 Å². The molecular weight excluding hydrogens is 309 g/mol. The van der Waals surface area contributed by atoms with Crippen molar-refractivity contribution in [3.63, 3.8) is 0 Å². The number of benzene rings is 1. The molecule has 2 aromatic rings. The summed E-state index contributed by atoms with van der Waals surface area (Å²) in [6.07, 6.45) is -2.75. The van der Waals surface area contributed by atoms with Gasteiger partial charge in [-0.15, -0.1) is 0 Å². The van der Waals surface area contributed by atoms with E-state index in [9.17, 15) is 18.0 Å². The number of oxazole rings is 1. The second kappa shape index (κ2) is 7.30. The summed E-state index contributed by atoms with van der Waals surface area (Å²) in [5, 5.41) is 0. The molecule has 0 spiro atoms. The zero-order chi connectivity index (χ0) is 16.9. The molecule has 1 amide bonds. The van der Waals surface area contributed by atoms with Gasteiger partial charge in [0, 0.05) is 24.9 Å². The lowest BCUT2D eigenvalue weighted by Crippen LogP contribution is -2.38. The maximum atomic E-state index is 12.4. The average molecular weight is 326 g/mol. The van der Waals surface area contributed by atoms with E-state index in [1.807, 2.05) is 30.3 Å². The van der Waals surface area contributed by atoms with Gasteiger partial charge in [0.1, 0.15) is 6.54 Å². The van der Waals surface area contributed by atoms with E-state index in [0.29, 0.717) is 11.7 Å². The quantitative estimate of drug-likeness (QED) is 0.813. The third-order valence-corrected chi connectivity index (χ3v) is 3.27. The molecule has 0 N–H and O–H groups in total. The van der Waals surface area contributed by atoms with Gasteiger partial charge in [-0.3, -0.25) is 4.79 Å². The van der Waals surface area contributed by atoms with Crippen LogP contribution in [-0.2, 0) is 11.2 Å². The van der Waals surface area contributed by atoms with Crippen LogP contribution in [0.5, 0.6) is 0 Å². The number of amides is 1. The summed E-state index contributed by atoms with van der Waals surface area (Å²) in [5.74, 6) is 0.334. The fourth-order valence-electron chi connectivity index (χ4n) is 2.13. The fraction of sp³-hybridized carbons (Fsp3) is 0.375. The van der Waals surface area contributed by atoms with Gasteiger partial charge in [-0.05, 0) is 6.92 Å². The minimum absolute atomic E-state index is 0.0131. The van der Waals surface area contributed by atoms with E-state index in [-0.39, 0.29) is 19.4 Å². The third kappa shape index (κ3) is 5.12. The fourth-order valence-corrected chi connectivity index (χ4v) is 2.13. The number of aryl methyl sites for hydroxylation is 1. The van der Waals surface area contributed by atoms with E-state index in [1.54, 1.807) is 6.20 Å². The topological polar surface area (TPSA) is 46.3 Å². The van der Waals surface area contributed by atoms with Crippen molar-refractivity contribution in [1.82, 2.24) is 9.88 Å². The highest BCUT2D eigenvalue weighted by Crippen LogP contribution is 2.21. The number of aromatic nitrogens is 1. The highest BCUT2D eigenvalue weighted by atomic mass is 19.4. The van der Waals surface area contributed by atoms with Crippen LogP contribution in [-0.4, -0.2) is 35.1 Å². The minimum Gasteiger partial charge on any atom is -0.441 e. The summed E-state index contributed by atoms with van der Waals surface area (Å²) in [4.78, 5) is 16.7. The van der Waals surface area contributed by atoms with Crippen molar-refractivity contribution in [2.24, 2.45) is 0 Å². The van der Waals surface area contributed by atoms with Crippen molar-refractivity contribution < 1.29 is 22.4 Å². The van der Waals surface area contributed by atoms with Gasteiger partial charge in [-0.1, -0.05) is 30.3 Å². The Morgan fingerprint density at radius 2 is 1.96 bits per heavy atom. The Morgan fingerprint density at radius 1 is 1.26 bits per heavy atom. The number of nitrogens with zero attached hydrogens (tertiary/aromatic N) is 2. The van der Waals surface area contributed by atoms with Gasteiger partial charge < -0.3 is 9.32 Å². The van der Waals surface area contributed by atoms with Crippen molar-refractivity contribution >= 4 is 5.91 Å². The van der Waals surface area contributed by atoms with E-state index < -0.39 is 18.6 Å². The van der Waals surface area contributed by atoms with Gasteiger partial charge in [-0.25, -0.2) is 4.98 Å². The number of hydrogen-bond acceptors (Lipinski definition) is 3. The van der Waals surface area contributed by atoms with Crippen LogP contribution in [0.3, 0.4) is 0 Å². The first-order valence-electron chi connectivity index (χ1n) is 7.23. The lowest BCUT2D eigenvalue weighted by atomic mass is 10.2. The standard InChI is InChI=1S/C16H17F3N2O2/c1-2-21(11-16(17,18)19)15(22)9-8-14-20-10-13(23-14)12-6-4-3-5-7-12/h3-7,10H,2,8-9,11H2,1H3. The summed E-state index contributed by atoms with van der Waals surface area (Å²) in [6, 6.07) is 9.31. The lowest BCUT2D eigenvalue weighted by Gasteiger charge is -2.21. The highest BCUT2D eigenvalue weighted by Gasteiger charge is 2.32. The van der Waals surface area contributed by atoms with E-state index in [2.05, 4.69) is 4.98 Å². The first-order chi connectivity index (χ1) is 10.9. The zero-order valence-electron chi connectivity index (χ0n) is 12.6. The molecule has 2 rings (SSSR count). The predicted molar refractivity (Wildman–Crippen MR) is 78.6 cm³/mol. The van der Waals surface area contributed by atoms with Crippen molar-refractivity contribution in [2.45, 2.75) is 25.9 Å². The second-order valence-corrected chi connectivity index (χ2v) is 5.01. The van der Waals surface area contributed by atoms with E-state index in [1.165, 1.54) is 6.92 Å². The molecule has 0 unspecified atom stereocenters. The molecule has 1 heterocycles. The van der Waals surface area contributed by atoms with Gasteiger partial charge in [0.2, 0.25) is 5.91 Å². The predicted octanol–water partition coefficient (Wildman–Crippen LogP) is 3.69. The molecular formula is C16H17F3N2O2. The minimum atomic E-state index is -4.39. The molecule has 4 nitrogen and oxygen atoms in total. The van der Waals surface area contributed by atoms with Crippen LogP contribution in [0.2, 0.25) is 0 Å². The van der Waals surface area contributed by atoms with Crippen LogP contribution in [0.4, 0.5) is 13.2 Å². The summed E-state index contributed by atoms with van der Waals surface area (Å²) in [5.41, 5.74) is 0.852. The number of halogens is 3. The molecule has 124 valence electrons. The van der Waals surface area contributed by atoms with Gasteiger partial charge in [0.25, 0.3) is 0 Å². The molecule has 0 aliphatic rings. The maximum absolute atomic E-state index is 12.4. The molecule has 1 aromatic carbocycles. The first kappa shape index (κ1) is 17.1. The molecule has 0 saturated carbocycles. The Morgan fingerprint density at radius 3 is 2.57 bits per heavy atom. The van der Waals surface area contributed by atoms with Gasteiger partial charge in [0.15, 0.2) is 11.7 Å². The molecule has 0 atom stereocenters. The molecule has 0 fully saturated rings. The Labute approximate surface area is 131 Å². The Bertz CT molecular complexity index is 638. The summed E-state index contributed by atoms with van der Waals surface area (Å²) in [6.45, 7) is 0.296. The van der Waals surface area contributed by atoms with Crippen molar-refractivity contribution in [3.05, 3.63) is 42.4 Å². The largest absolute Gasteiger partial charge is 0.441 e. The van der Waals surface area contributed by atoms with E-state index in [0.717, 1.165) is 10.5 Å². The SMILES string of the molecule is CCN(CC(F)(F)F)C(=O)CCc1ncc(-c2ccccc2)o1. The molecule has 0 radical (unpaired) electrons. The molecule has 0 saturated heterocycles. The Balaban J connectivity index is 1.93. The molecule has 0 aliphatic carbocycles. The molecule has 1 aromatic heterocycles. The summed E-state index contributed by atoms with van der Waals surface area (Å²) >= 11 is 0. The summed E-state index contributed by atoms with van der Waals surface area (Å²) in [7, 11) is 0. The van der Waals surface area contributed by atoms with Crippen LogP contribution in [0, 0.1) is 0 Å². The zero-order valence-corrected chi connectivity index (χ0v) is 12.6. The summed E-state index contributed by atoms with van der Waals surface area (Å²) < 4.78 is 42.7. The van der Waals surface area contributed by atoms with Gasteiger partial charge in [0.05, 0.1) is 6.20 Å². The van der Waals surface area contributed by atoms with Gasteiger partial charge >= 0.3 is 6.18 Å². The smallest absolute Gasteiger partial charge is 0.406 e.